The van der Waals surface area contributed by atoms with Crippen LogP contribution in [0.4, 0.5) is 16.2 Å². The first-order valence-electron chi connectivity index (χ1n) is 13.2. The molecule has 4 heterocycles. The fourth-order valence-corrected chi connectivity index (χ4v) is 4.54. The third kappa shape index (κ3) is 10.1. The highest BCUT2D eigenvalue weighted by Gasteiger charge is 2.24. The van der Waals surface area contributed by atoms with Crippen molar-refractivity contribution in [3.05, 3.63) is 64.0 Å². The van der Waals surface area contributed by atoms with Crippen LogP contribution in [0.1, 0.15) is 75.5 Å². The van der Waals surface area contributed by atoms with Gasteiger partial charge in [0.2, 0.25) is 5.95 Å². The number of hydrogen-bond acceptors (Lipinski definition) is 8. The van der Waals surface area contributed by atoms with Gasteiger partial charge in [-0.25, -0.2) is 19.3 Å². The summed E-state index contributed by atoms with van der Waals surface area (Å²) in [5.41, 5.74) is 3.47. The van der Waals surface area contributed by atoms with Crippen LogP contribution in [0.25, 0.3) is 0 Å². The number of allylic oxidation sites excluding steroid dienone is 4. The van der Waals surface area contributed by atoms with Crippen LogP contribution in [0, 0.1) is 0 Å². The van der Waals surface area contributed by atoms with Crippen LogP contribution in [-0.4, -0.2) is 56.5 Å². The molecule has 0 radical (unpaired) electrons. The van der Waals surface area contributed by atoms with Gasteiger partial charge in [-0.1, -0.05) is 37.4 Å². The summed E-state index contributed by atoms with van der Waals surface area (Å²) in [6, 6.07) is 3.95. The topological polar surface area (TPSA) is 86.3 Å². The molecule has 0 bridgehead atoms. The highest BCUT2D eigenvalue weighted by molar-refractivity contribution is 7.99. The summed E-state index contributed by atoms with van der Waals surface area (Å²) in [6.07, 6.45) is 10.2. The Bertz CT molecular complexity index is 1160. The van der Waals surface area contributed by atoms with Crippen LogP contribution in [0.3, 0.4) is 0 Å². The number of rotatable bonds is 6. The predicted octanol–water partition coefficient (Wildman–Crippen LogP) is 6.99. The minimum absolute atomic E-state index is 0.119. The van der Waals surface area contributed by atoms with Crippen molar-refractivity contribution in [3.8, 4) is 0 Å². The van der Waals surface area contributed by atoms with Crippen LogP contribution in [0.5, 0.6) is 0 Å². The van der Waals surface area contributed by atoms with E-state index in [4.69, 9.17) is 11.6 Å². The van der Waals surface area contributed by atoms with Crippen LogP contribution in [-0.2, 0) is 13.1 Å². The number of anilines is 2. The minimum Gasteiger partial charge on any atom is -0.336 e. The maximum Gasteiger partial charge on any atom is 0.254 e. The van der Waals surface area contributed by atoms with Crippen molar-refractivity contribution in [2.24, 2.45) is 0 Å². The van der Waals surface area contributed by atoms with Gasteiger partial charge < -0.3 is 14.9 Å². The van der Waals surface area contributed by atoms with Crippen molar-refractivity contribution in [2.45, 2.75) is 73.0 Å². The highest BCUT2D eigenvalue weighted by Crippen LogP contribution is 2.21. The summed E-state index contributed by atoms with van der Waals surface area (Å²) >= 11 is 7.04. The third-order valence-electron chi connectivity index (χ3n) is 6.07. The molecule has 39 heavy (non-hydrogen) atoms. The molecule has 4 rings (SSSR count). The summed E-state index contributed by atoms with van der Waals surface area (Å²) < 4.78 is 16.4. The Morgan fingerprint density at radius 3 is 2.64 bits per heavy atom. The molecule has 0 spiro atoms. The Morgan fingerprint density at radius 2 is 1.97 bits per heavy atom. The first-order valence-corrected chi connectivity index (χ1v) is 14.8. The molecule has 2 aromatic rings. The Labute approximate surface area is 241 Å². The van der Waals surface area contributed by atoms with Gasteiger partial charge in [-0.05, 0) is 65.3 Å². The Balaban J connectivity index is 0.000000258. The second kappa shape index (κ2) is 16.4. The molecule has 1 fully saturated rings. The number of aromatic nitrogens is 3. The molecular formula is C28H41ClFN7OS. The highest BCUT2D eigenvalue weighted by atomic mass is 35.5. The fourth-order valence-electron chi connectivity index (χ4n) is 4.17. The summed E-state index contributed by atoms with van der Waals surface area (Å²) in [5, 5.41) is 3.08. The lowest BCUT2D eigenvalue weighted by Crippen LogP contribution is -2.42. The van der Waals surface area contributed by atoms with Gasteiger partial charge in [-0.3, -0.25) is 9.69 Å². The van der Waals surface area contributed by atoms with Crippen LogP contribution < -0.4 is 10.0 Å². The van der Waals surface area contributed by atoms with Crippen LogP contribution in [0.2, 0.25) is 0 Å². The van der Waals surface area contributed by atoms with E-state index in [0.717, 1.165) is 55.1 Å². The zero-order valence-corrected chi connectivity index (χ0v) is 25.6. The molecule has 0 aliphatic carbocycles. The van der Waals surface area contributed by atoms with Gasteiger partial charge in [-0.2, -0.15) is 0 Å². The fraction of sp³-hybridized carbons (Fsp3) is 0.500. The van der Waals surface area contributed by atoms with Gasteiger partial charge >= 0.3 is 0 Å². The zero-order valence-electron chi connectivity index (χ0n) is 24.0. The normalized spacial score (nSPS) is 17.6. The predicted molar refractivity (Wildman–Crippen MR) is 161 cm³/mol. The molecule has 11 heteroatoms. The van der Waals surface area contributed by atoms with Gasteiger partial charge in [0.15, 0.2) is 0 Å². The van der Waals surface area contributed by atoms with E-state index in [1.54, 1.807) is 25.4 Å². The van der Waals surface area contributed by atoms with Crippen molar-refractivity contribution < 1.29 is 9.18 Å². The van der Waals surface area contributed by atoms with Gasteiger partial charge in [-0.15, -0.1) is 0 Å². The van der Waals surface area contributed by atoms with Gasteiger partial charge in [0, 0.05) is 61.1 Å². The first-order chi connectivity index (χ1) is 18.7. The maximum absolute atomic E-state index is 13.3. The molecule has 0 saturated carbocycles. The average Bonchev–Trinajstić information content (AvgIpc) is 3.29. The molecule has 2 aliphatic heterocycles. The quantitative estimate of drug-likeness (QED) is 0.281. The van der Waals surface area contributed by atoms with Crippen LogP contribution in [0.15, 0.2) is 47.2 Å². The number of nitrogens with one attached hydrogen (secondary N) is 2. The molecule has 214 valence electrons. The first kappa shape index (κ1) is 32.5. The lowest BCUT2D eigenvalue weighted by Gasteiger charge is -2.33. The number of carbonyl (C=O) groups is 1. The molecule has 8 nitrogen and oxygen atoms in total. The number of likely N-dealkylation sites (tertiary alicyclic amines) is 1. The molecular weight excluding hydrogens is 537 g/mol. The molecule has 1 saturated heterocycles. The van der Waals surface area contributed by atoms with E-state index in [-0.39, 0.29) is 10.9 Å². The van der Waals surface area contributed by atoms with Crippen molar-refractivity contribution in [1.29, 1.82) is 0 Å². The lowest BCUT2D eigenvalue weighted by atomic mass is 10.0. The number of nitrogens with zero attached hydrogens (tertiary/aromatic N) is 5. The summed E-state index contributed by atoms with van der Waals surface area (Å²) in [6.45, 7) is 11.9. The van der Waals surface area contributed by atoms with Gasteiger partial charge in [0.1, 0.15) is 11.6 Å². The van der Waals surface area contributed by atoms with E-state index < -0.39 is 5.83 Å². The SMILES string of the molecule is C/C(Cl)=C(F)\C=C(/C)Nc1ncc2c(n1)CN(C)C2.CC.CSNc1cc(C(=O)N2CCCC[C@H]2C)ccn1. The molecule has 0 unspecified atom stereocenters. The number of piperidine rings is 1. The third-order valence-corrected chi connectivity index (χ3v) is 6.67. The Hall–Kier alpha value is -2.69. The van der Waals surface area contributed by atoms with E-state index >= 15 is 0 Å². The summed E-state index contributed by atoms with van der Waals surface area (Å²) in [5.74, 6) is 0.863. The summed E-state index contributed by atoms with van der Waals surface area (Å²) in [4.78, 5) is 29.4. The monoisotopic (exact) mass is 577 g/mol. The lowest BCUT2D eigenvalue weighted by molar-refractivity contribution is 0.0635. The van der Waals surface area contributed by atoms with Crippen molar-refractivity contribution >= 4 is 41.2 Å². The number of hydrogen-bond donors (Lipinski definition) is 2. The second-order valence-corrected chi connectivity index (χ2v) is 10.4. The van der Waals surface area contributed by atoms with Crippen molar-refractivity contribution in [1.82, 2.24) is 24.8 Å². The molecule has 1 amide bonds. The zero-order chi connectivity index (χ0) is 28.9. The van der Waals surface area contributed by atoms with E-state index in [9.17, 15) is 9.18 Å². The van der Waals surface area contributed by atoms with E-state index in [2.05, 4.69) is 36.8 Å². The number of pyridine rings is 1. The maximum atomic E-state index is 13.3. The van der Waals surface area contributed by atoms with E-state index in [1.807, 2.05) is 38.1 Å². The molecule has 2 aliphatic rings. The van der Waals surface area contributed by atoms with Crippen LogP contribution >= 0.6 is 23.5 Å². The Kier molecular flexibility index (Phi) is 13.7. The smallest absolute Gasteiger partial charge is 0.254 e. The van der Waals surface area contributed by atoms with E-state index in [1.165, 1.54) is 31.4 Å². The molecule has 2 N–H and O–H groups in total. The number of halogens is 2. The standard InChI is InChI=1S/C13H16ClFN4.C13H19N3OS.C2H6/c1-8(4-11(15)9(2)14)17-13-16-5-10-6-19(3)7-12(10)18-13;1-10-5-3-4-8-16(10)13(17)11-6-7-14-12(9-11)15-18-2;1-2/h4-5H,6-7H2,1-3H3,(H,16,17,18);6-7,9-10H,3-5,8H2,1-2H3,(H,14,15);1-2H3/b8-4+,11-9-;;/t;10-;/m.1./s1. The molecule has 0 aromatic carbocycles. The minimum atomic E-state index is -0.465. The van der Waals surface area contributed by atoms with Gasteiger partial charge in [0.25, 0.3) is 5.91 Å². The van der Waals surface area contributed by atoms with E-state index in [0.29, 0.717) is 17.7 Å². The number of amides is 1. The second-order valence-electron chi connectivity index (χ2n) is 9.25. The molecule has 2 aromatic heterocycles. The average molecular weight is 578 g/mol. The van der Waals surface area contributed by atoms with Gasteiger partial charge in [0.05, 0.1) is 10.7 Å². The molecule has 1 atom stereocenters. The van der Waals surface area contributed by atoms with Crippen molar-refractivity contribution in [2.75, 3.05) is 29.9 Å². The Morgan fingerprint density at radius 1 is 1.23 bits per heavy atom. The largest absolute Gasteiger partial charge is 0.336 e. The van der Waals surface area contributed by atoms with Crippen molar-refractivity contribution in [3.63, 3.8) is 0 Å². The summed E-state index contributed by atoms with van der Waals surface area (Å²) in [7, 11) is 2.03. The number of carbonyl (C=O) groups excluding carboxylic acids is 1. The number of fused-ring (bicyclic) bond motifs is 1.